The van der Waals surface area contributed by atoms with E-state index in [0.717, 1.165) is 25.2 Å². The predicted octanol–water partition coefficient (Wildman–Crippen LogP) is 2.50. The first-order valence-electron chi connectivity index (χ1n) is 6.35. The second kappa shape index (κ2) is 4.49. The van der Waals surface area contributed by atoms with Crippen LogP contribution in [0.25, 0.3) is 0 Å². The maximum absolute atomic E-state index is 8.96. The molecule has 1 N–H and O–H groups in total. The molecule has 90 valence electrons. The van der Waals surface area contributed by atoms with Crippen molar-refractivity contribution in [3.8, 4) is 0 Å². The van der Waals surface area contributed by atoms with Crippen LogP contribution in [-0.4, -0.2) is 28.4 Å². The number of piperidine rings is 2. The number of fused-ring (bicyclic) bond motifs is 3. The van der Waals surface area contributed by atoms with Crippen molar-refractivity contribution in [1.82, 2.24) is 4.90 Å². The predicted molar refractivity (Wildman–Crippen MR) is 67.2 cm³/mol. The number of hydrogen-bond donors (Lipinski definition) is 1. The van der Waals surface area contributed by atoms with Crippen molar-refractivity contribution < 1.29 is 5.21 Å². The van der Waals surface area contributed by atoms with Gasteiger partial charge in [-0.3, -0.25) is 4.90 Å². The van der Waals surface area contributed by atoms with E-state index < -0.39 is 0 Å². The average Bonchev–Trinajstić information content (AvgIpc) is 2.40. The lowest BCUT2D eigenvalue weighted by Gasteiger charge is -2.45. The summed E-state index contributed by atoms with van der Waals surface area (Å²) in [5.74, 6) is 0.480. The minimum atomic E-state index is 0.480. The van der Waals surface area contributed by atoms with Gasteiger partial charge < -0.3 is 5.21 Å². The molecule has 2 bridgehead atoms. The SMILES string of the molecule is ON=C1CC2CCC1CN2Cc1ccccc1. The van der Waals surface area contributed by atoms with E-state index in [4.69, 9.17) is 5.21 Å². The normalized spacial score (nSPS) is 30.9. The molecule has 3 heteroatoms. The third kappa shape index (κ3) is 2.07. The molecule has 1 aliphatic carbocycles. The van der Waals surface area contributed by atoms with Gasteiger partial charge in [-0.25, -0.2) is 0 Å². The first-order valence-corrected chi connectivity index (χ1v) is 6.35. The van der Waals surface area contributed by atoms with E-state index in [1.807, 2.05) is 0 Å². The fraction of sp³-hybridized carbons (Fsp3) is 0.500. The fourth-order valence-electron chi connectivity index (χ4n) is 3.14. The first-order chi connectivity index (χ1) is 8.36. The van der Waals surface area contributed by atoms with Crippen LogP contribution in [0.5, 0.6) is 0 Å². The quantitative estimate of drug-likeness (QED) is 0.626. The van der Waals surface area contributed by atoms with E-state index in [2.05, 4.69) is 40.4 Å². The van der Waals surface area contributed by atoms with Gasteiger partial charge in [-0.2, -0.15) is 0 Å². The fourth-order valence-corrected chi connectivity index (χ4v) is 3.14. The third-order valence-electron chi connectivity index (χ3n) is 4.09. The summed E-state index contributed by atoms with van der Waals surface area (Å²) < 4.78 is 0. The van der Waals surface area contributed by atoms with Crippen molar-refractivity contribution in [2.45, 2.75) is 31.8 Å². The van der Waals surface area contributed by atoms with Crippen LogP contribution >= 0.6 is 0 Å². The zero-order valence-corrected chi connectivity index (χ0v) is 9.92. The Balaban J connectivity index is 1.71. The van der Waals surface area contributed by atoms with Crippen LogP contribution in [-0.2, 0) is 6.54 Å². The van der Waals surface area contributed by atoms with E-state index in [9.17, 15) is 0 Å². The van der Waals surface area contributed by atoms with Crippen LogP contribution in [0.2, 0.25) is 0 Å². The van der Waals surface area contributed by atoms with Crippen molar-refractivity contribution in [1.29, 1.82) is 0 Å². The standard InChI is InChI=1S/C14H18N2O/c17-15-14-8-13-7-6-12(14)10-16(13)9-11-4-2-1-3-5-11/h1-5,12-13,17H,6-10H2. The van der Waals surface area contributed by atoms with Crippen LogP contribution in [0, 0.1) is 5.92 Å². The molecule has 2 aliphatic heterocycles. The number of nitrogens with zero attached hydrogens (tertiary/aromatic N) is 2. The van der Waals surface area contributed by atoms with Gasteiger partial charge in [-0.15, -0.1) is 0 Å². The first kappa shape index (κ1) is 10.8. The van der Waals surface area contributed by atoms with Gasteiger partial charge in [0.15, 0.2) is 0 Å². The molecule has 3 aliphatic rings. The monoisotopic (exact) mass is 230 g/mol. The number of benzene rings is 1. The van der Waals surface area contributed by atoms with Crippen LogP contribution < -0.4 is 0 Å². The Labute approximate surface area is 102 Å². The van der Waals surface area contributed by atoms with Gasteiger partial charge >= 0.3 is 0 Å². The molecule has 0 radical (unpaired) electrons. The summed E-state index contributed by atoms with van der Waals surface area (Å²) in [5.41, 5.74) is 2.40. The smallest absolute Gasteiger partial charge is 0.0629 e. The molecule has 3 nitrogen and oxygen atoms in total. The molecule has 1 aromatic carbocycles. The Morgan fingerprint density at radius 2 is 2.06 bits per heavy atom. The van der Waals surface area contributed by atoms with E-state index in [1.54, 1.807) is 0 Å². The van der Waals surface area contributed by atoms with Gasteiger partial charge in [0.2, 0.25) is 0 Å². The molecule has 1 aromatic rings. The molecule has 2 heterocycles. The van der Waals surface area contributed by atoms with Crippen LogP contribution in [0.1, 0.15) is 24.8 Å². The zero-order chi connectivity index (χ0) is 11.7. The average molecular weight is 230 g/mol. The Morgan fingerprint density at radius 1 is 1.24 bits per heavy atom. The highest BCUT2D eigenvalue weighted by atomic mass is 16.4. The lowest BCUT2D eigenvalue weighted by atomic mass is 9.78. The molecule has 0 spiro atoms. The third-order valence-corrected chi connectivity index (χ3v) is 4.09. The molecular formula is C14H18N2O. The summed E-state index contributed by atoms with van der Waals surface area (Å²) in [4.78, 5) is 2.54. The van der Waals surface area contributed by atoms with Crippen molar-refractivity contribution in [3.05, 3.63) is 35.9 Å². The highest BCUT2D eigenvalue weighted by Gasteiger charge is 2.38. The molecule has 0 amide bonds. The summed E-state index contributed by atoms with van der Waals surface area (Å²) in [6, 6.07) is 11.2. The highest BCUT2D eigenvalue weighted by molar-refractivity contribution is 5.88. The van der Waals surface area contributed by atoms with E-state index >= 15 is 0 Å². The lowest BCUT2D eigenvalue weighted by Crippen LogP contribution is -2.51. The number of rotatable bonds is 2. The second-order valence-electron chi connectivity index (χ2n) is 5.14. The summed E-state index contributed by atoms with van der Waals surface area (Å²) in [6.07, 6.45) is 3.39. The number of hydrogen-bond acceptors (Lipinski definition) is 3. The molecule has 0 aromatic heterocycles. The molecular weight excluding hydrogens is 212 g/mol. The summed E-state index contributed by atoms with van der Waals surface area (Å²) >= 11 is 0. The molecule has 1 saturated carbocycles. The van der Waals surface area contributed by atoms with Gasteiger partial charge in [0.1, 0.15) is 0 Å². The maximum Gasteiger partial charge on any atom is 0.0629 e. The van der Waals surface area contributed by atoms with Crippen LogP contribution in [0.15, 0.2) is 35.5 Å². The van der Waals surface area contributed by atoms with E-state index in [1.165, 1.54) is 18.4 Å². The van der Waals surface area contributed by atoms with E-state index in [-0.39, 0.29) is 0 Å². The largest absolute Gasteiger partial charge is 0.411 e. The van der Waals surface area contributed by atoms with Crippen molar-refractivity contribution in [2.24, 2.45) is 11.1 Å². The second-order valence-corrected chi connectivity index (χ2v) is 5.14. The molecule has 3 fully saturated rings. The van der Waals surface area contributed by atoms with Crippen molar-refractivity contribution in [2.75, 3.05) is 6.54 Å². The summed E-state index contributed by atoms with van der Waals surface area (Å²) in [6.45, 7) is 2.08. The lowest BCUT2D eigenvalue weighted by molar-refractivity contribution is 0.0994. The van der Waals surface area contributed by atoms with Gasteiger partial charge in [-0.05, 0) is 18.4 Å². The minimum Gasteiger partial charge on any atom is -0.411 e. The Hall–Kier alpha value is -1.35. The van der Waals surface area contributed by atoms with E-state index in [0.29, 0.717) is 12.0 Å². The van der Waals surface area contributed by atoms with Crippen molar-refractivity contribution in [3.63, 3.8) is 0 Å². The maximum atomic E-state index is 8.96. The van der Waals surface area contributed by atoms with Gasteiger partial charge in [-0.1, -0.05) is 35.5 Å². The molecule has 2 unspecified atom stereocenters. The Kier molecular flexibility index (Phi) is 2.85. The highest BCUT2D eigenvalue weighted by Crippen LogP contribution is 2.34. The Bertz CT molecular complexity index is 415. The topological polar surface area (TPSA) is 35.8 Å². The Morgan fingerprint density at radius 3 is 2.71 bits per heavy atom. The molecule has 2 atom stereocenters. The summed E-state index contributed by atoms with van der Waals surface area (Å²) in [5, 5.41) is 12.4. The molecule has 2 saturated heterocycles. The number of oxime groups is 1. The summed E-state index contributed by atoms with van der Waals surface area (Å²) in [7, 11) is 0. The molecule has 17 heavy (non-hydrogen) atoms. The zero-order valence-electron chi connectivity index (χ0n) is 9.92. The van der Waals surface area contributed by atoms with Crippen molar-refractivity contribution >= 4 is 5.71 Å². The minimum absolute atomic E-state index is 0.480. The van der Waals surface area contributed by atoms with Gasteiger partial charge in [0.25, 0.3) is 0 Å². The van der Waals surface area contributed by atoms with Crippen LogP contribution in [0.4, 0.5) is 0 Å². The van der Waals surface area contributed by atoms with Gasteiger partial charge in [0.05, 0.1) is 5.71 Å². The molecule has 4 rings (SSSR count). The van der Waals surface area contributed by atoms with Gasteiger partial charge in [0, 0.05) is 31.5 Å². The van der Waals surface area contributed by atoms with Crippen LogP contribution in [0.3, 0.4) is 0 Å².